The summed E-state index contributed by atoms with van der Waals surface area (Å²) in [7, 11) is 1.19. The third kappa shape index (κ3) is 3.90. The lowest BCUT2D eigenvalue weighted by Gasteiger charge is -2.26. The van der Waals surface area contributed by atoms with Crippen molar-refractivity contribution in [2.75, 3.05) is 38.6 Å². The van der Waals surface area contributed by atoms with Crippen molar-refractivity contribution in [1.29, 1.82) is 0 Å². The van der Waals surface area contributed by atoms with Gasteiger partial charge in [-0.3, -0.25) is 4.90 Å². The van der Waals surface area contributed by atoms with Gasteiger partial charge in [0.05, 0.1) is 7.11 Å². The normalized spacial score (nSPS) is 17.7. The van der Waals surface area contributed by atoms with E-state index >= 15 is 0 Å². The number of nitrogens with zero attached hydrogens (tertiary/aromatic N) is 2. The summed E-state index contributed by atoms with van der Waals surface area (Å²) in [6, 6.07) is 2.10. The summed E-state index contributed by atoms with van der Waals surface area (Å²) in [5, 5.41) is 2.55. The van der Waals surface area contributed by atoms with Crippen LogP contribution >= 0.6 is 0 Å². The molecule has 0 bridgehead atoms. The predicted octanol–water partition coefficient (Wildman–Crippen LogP) is 2.92. The second-order valence-corrected chi connectivity index (χ2v) is 5.51. The fraction of sp³-hybridized carbons (Fsp3) is 0.562. The van der Waals surface area contributed by atoms with Crippen molar-refractivity contribution >= 4 is 11.7 Å². The summed E-state index contributed by atoms with van der Waals surface area (Å²) >= 11 is 0. The first-order valence-electron chi connectivity index (χ1n) is 7.83. The van der Waals surface area contributed by atoms with Crippen LogP contribution in [0.4, 0.5) is 19.3 Å². The maximum absolute atomic E-state index is 13.7. The fourth-order valence-corrected chi connectivity index (χ4v) is 2.99. The Kier molecular flexibility index (Phi) is 5.76. The lowest BCUT2D eigenvalue weighted by atomic mass is 10.2. The zero-order chi connectivity index (χ0) is 17.0. The number of hydrogen-bond donors (Lipinski definition) is 1. The van der Waals surface area contributed by atoms with Crippen molar-refractivity contribution < 1.29 is 18.3 Å². The third-order valence-corrected chi connectivity index (χ3v) is 4.23. The number of benzene rings is 1. The summed E-state index contributed by atoms with van der Waals surface area (Å²) in [5.74, 6) is -2.14. The molecule has 5 nitrogen and oxygen atoms in total. The number of nitrogens with one attached hydrogen (secondary N) is 1. The average Bonchev–Trinajstić information content (AvgIpc) is 2.98. The molecule has 0 saturated carbocycles. The molecular weight excluding hydrogens is 304 g/mol. The highest BCUT2D eigenvalue weighted by molar-refractivity contribution is 5.89. The second-order valence-electron chi connectivity index (χ2n) is 5.51. The highest BCUT2D eigenvalue weighted by Gasteiger charge is 2.29. The molecule has 0 spiro atoms. The number of anilines is 1. The molecule has 0 aliphatic carbocycles. The molecule has 1 atom stereocenters. The van der Waals surface area contributed by atoms with E-state index in [0.717, 1.165) is 31.6 Å². The van der Waals surface area contributed by atoms with Gasteiger partial charge in [0.25, 0.3) is 0 Å². The van der Waals surface area contributed by atoms with Crippen LogP contribution < -0.4 is 10.1 Å². The standard InChI is InChI=1S/C16H23F2N3O2/c1-4-20(5-2)12-6-7-21(10-12)16(22)19-11-8-13(17)15(23-3)14(18)9-11/h8-9,12H,4-7,10H2,1-3H3,(H,19,22)/t12-/m1/s1. The zero-order valence-corrected chi connectivity index (χ0v) is 13.7. The Morgan fingerprint density at radius 3 is 2.48 bits per heavy atom. The number of ether oxygens (including phenoxy) is 1. The van der Waals surface area contributed by atoms with Crippen molar-refractivity contribution in [2.45, 2.75) is 26.3 Å². The number of likely N-dealkylation sites (N-methyl/N-ethyl adjacent to an activating group) is 1. The molecule has 2 rings (SSSR count). The maximum Gasteiger partial charge on any atom is 0.321 e. The Labute approximate surface area is 135 Å². The van der Waals surface area contributed by atoms with E-state index < -0.39 is 17.4 Å². The molecule has 1 aromatic rings. The van der Waals surface area contributed by atoms with E-state index in [0.29, 0.717) is 19.1 Å². The number of urea groups is 1. The molecule has 2 amide bonds. The zero-order valence-electron chi connectivity index (χ0n) is 13.7. The van der Waals surface area contributed by atoms with Gasteiger partial charge >= 0.3 is 6.03 Å². The molecule has 0 aromatic heterocycles. The van der Waals surface area contributed by atoms with Gasteiger partial charge in [-0.25, -0.2) is 13.6 Å². The van der Waals surface area contributed by atoms with E-state index in [4.69, 9.17) is 0 Å². The van der Waals surface area contributed by atoms with E-state index in [2.05, 4.69) is 28.8 Å². The summed E-state index contributed by atoms with van der Waals surface area (Å²) in [5.41, 5.74) is 0.0806. The van der Waals surface area contributed by atoms with Crippen molar-refractivity contribution in [1.82, 2.24) is 9.80 Å². The van der Waals surface area contributed by atoms with Gasteiger partial charge in [0.15, 0.2) is 17.4 Å². The minimum atomic E-state index is -0.842. The number of methoxy groups -OCH3 is 1. The van der Waals surface area contributed by atoms with Crippen LogP contribution in [0.25, 0.3) is 0 Å². The molecule has 1 saturated heterocycles. The van der Waals surface area contributed by atoms with E-state index in [1.807, 2.05) is 0 Å². The number of rotatable bonds is 5. The highest BCUT2D eigenvalue weighted by atomic mass is 19.1. The van der Waals surface area contributed by atoms with E-state index in [1.165, 1.54) is 7.11 Å². The van der Waals surface area contributed by atoms with Crippen molar-refractivity contribution in [2.24, 2.45) is 0 Å². The van der Waals surface area contributed by atoms with Gasteiger partial charge in [-0.05, 0) is 19.5 Å². The quantitative estimate of drug-likeness (QED) is 0.904. The SMILES string of the molecule is CCN(CC)[C@@H]1CCN(C(=O)Nc2cc(F)c(OC)c(F)c2)C1. The molecule has 0 unspecified atom stereocenters. The average molecular weight is 327 g/mol. The first-order valence-corrected chi connectivity index (χ1v) is 7.83. The van der Waals surface area contributed by atoms with Gasteiger partial charge in [0, 0.05) is 37.0 Å². The van der Waals surface area contributed by atoms with Crippen molar-refractivity contribution in [3.05, 3.63) is 23.8 Å². The van der Waals surface area contributed by atoms with Crippen LogP contribution in [0.2, 0.25) is 0 Å². The minimum absolute atomic E-state index is 0.0806. The molecule has 1 aliphatic heterocycles. The summed E-state index contributed by atoms with van der Waals surface area (Å²) in [6.45, 7) is 7.31. The number of halogens is 2. The topological polar surface area (TPSA) is 44.8 Å². The third-order valence-electron chi connectivity index (χ3n) is 4.23. The van der Waals surface area contributed by atoms with Crippen LogP contribution in [0, 0.1) is 11.6 Å². The molecule has 1 heterocycles. The molecule has 0 radical (unpaired) electrons. The molecule has 128 valence electrons. The largest absolute Gasteiger partial charge is 0.491 e. The molecule has 1 N–H and O–H groups in total. The van der Waals surface area contributed by atoms with Crippen molar-refractivity contribution in [3.63, 3.8) is 0 Å². The maximum atomic E-state index is 13.7. The Morgan fingerprint density at radius 1 is 1.35 bits per heavy atom. The summed E-state index contributed by atoms with van der Waals surface area (Å²) < 4.78 is 31.9. The molecular formula is C16H23F2N3O2. The van der Waals surface area contributed by atoms with Crippen LogP contribution in [0.1, 0.15) is 20.3 Å². The number of amides is 2. The van der Waals surface area contributed by atoms with E-state index in [-0.39, 0.29) is 11.7 Å². The first-order chi connectivity index (χ1) is 11.0. The van der Waals surface area contributed by atoms with Gasteiger partial charge < -0.3 is 15.0 Å². The summed E-state index contributed by atoms with van der Waals surface area (Å²) in [6.07, 6.45) is 0.903. The molecule has 7 heteroatoms. The van der Waals surface area contributed by atoms with Gasteiger partial charge in [0.1, 0.15) is 0 Å². The highest BCUT2D eigenvalue weighted by Crippen LogP contribution is 2.26. The Bertz CT molecular complexity index is 541. The predicted molar refractivity (Wildman–Crippen MR) is 84.8 cm³/mol. The smallest absolute Gasteiger partial charge is 0.321 e. The van der Waals surface area contributed by atoms with Crippen LogP contribution in [0.15, 0.2) is 12.1 Å². The van der Waals surface area contributed by atoms with Gasteiger partial charge in [-0.2, -0.15) is 0 Å². The van der Waals surface area contributed by atoms with Gasteiger partial charge in [-0.1, -0.05) is 13.8 Å². The minimum Gasteiger partial charge on any atom is -0.491 e. The number of hydrogen-bond acceptors (Lipinski definition) is 3. The van der Waals surface area contributed by atoms with Crippen LogP contribution in [0.3, 0.4) is 0 Å². The molecule has 23 heavy (non-hydrogen) atoms. The molecule has 1 fully saturated rings. The van der Waals surface area contributed by atoms with Crippen molar-refractivity contribution in [3.8, 4) is 5.75 Å². The monoisotopic (exact) mass is 327 g/mol. The van der Waals surface area contributed by atoms with E-state index in [9.17, 15) is 13.6 Å². The van der Waals surface area contributed by atoms with Crippen LogP contribution in [-0.4, -0.2) is 55.2 Å². The molecule has 1 aliphatic rings. The number of carbonyl (C=O) groups is 1. The van der Waals surface area contributed by atoms with E-state index in [1.54, 1.807) is 4.90 Å². The second kappa shape index (κ2) is 7.59. The van der Waals surface area contributed by atoms with Gasteiger partial charge in [0.2, 0.25) is 0 Å². The Balaban J connectivity index is 2.00. The Morgan fingerprint density at radius 2 is 1.96 bits per heavy atom. The number of carbonyl (C=O) groups excluding carboxylic acids is 1. The lowest BCUT2D eigenvalue weighted by molar-refractivity contribution is 0.202. The number of likely N-dealkylation sites (tertiary alicyclic amines) is 1. The van der Waals surface area contributed by atoms with Crippen LogP contribution in [0.5, 0.6) is 5.75 Å². The fourth-order valence-electron chi connectivity index (χ4n) is 2.99. The summed E-state index contributed by atoms with van der Waals surface area (Å²) in [4.78, 5) is 16.2. The van der Waals surface area contributed by atoms with Crippen LogP contribution in [-0.2, 0) is 0 Å². The lowest BCUT2D eigenvalue weighted by Crippen LogP contribution is -2.39. The molecule has 1 aromatic carbocycles. The van der Waals surface area contributed by atoms with Gasteiger partial charge in [-0.15, -0.1) is 0 Å². The first kappa shape index (κ1) is 17.5. The Hall–Kier alpha value is -1.89.